The molecule has 0 aliphatic rings. The number of benzene rings is 2. The van der Waals surface area contributed by atoms with Crippen LogP contribution in [0.25, 0.3) is 0 Å². The van der Waals surface area contributed by atoms with Gasteiger partial charge in [-0.05, 0) is 29.8 Å². The normalized spacial score (nSPS) is 10.4. The number of amides is 1. The Hall–Kier alpha value is -3.08. The zero-order valence-electron chi connectivity index (χ0n) is 13.5. The summed E-state index contributed by atoms with van der Waals surface area (Å²) in [5, 5.41) is 2.86. The number of ether oxygens (including phenoxy) is 1. The molecule has 0 saturated heterocycles. The monoisotopic (exact) mass is 321 g/mol. The van der Waals surface area contributed by atoms with Crippen molar-refractivity contribution in [2.45, 2.75) is 13.1 Å². The Kier molecular flexibility index (Phi) is 4.91. The molecule has 1 heterocycles. The van der Waals surface area contributed by atoms with Crippen LogP contribution in [-0.2, 0) is 17.9 Å². The van der Waals surface area contributed by atoms with Crippen molar-refractivity contribution in [3.05, 3.63) is 78.9 Å². The van der Waals surface area contributed by atoms with E-state index in [1.165, 1.54) is 0 Å². The van der Waals surface area contributed by atoms with Crippen LogP contribution in [0.5, 0.6) is 5.75 Å². The molecule has 1 aromatic heterocycles. The summed E-state index contributed by atoms with van der Waals surface area (Å²) >= 11 is 0. The first-order valence-corrected chi connectivity index (χ1v) is 7.69. The van der Waals surface area contributed by atoms with E-state index >= 15 is 0 Å². The van der Waals surface area contributed by atoms with Gasteiger partial charge in [0.25, 0.3) is 5.91 Å². The van der Waals surface area contributed by atoms with E-state index in [9.17, 15) is 4.79 Å². The maximum atomic E-state index is 12.0. The molecule has 0 saturated carbocycles. The number of nitrogens with one attached hydrogen (secondary N) is 1. The summed E-state index contributed by atoms with van der Waals surface area (Å²) in [7, 11) is 1.65. The van der Waals surface area contributed by atoms with Gasteiger partial charge in [0, 0.05) is 5.69 Å². The molecule has 3 aromatic rings. The highest BCUT2D eigenvalue weighted by molar-refractivity contribution is 5.90. The SMILES string of the molecule is COc1ccc(C[n+]2[c]n(CC(=O)Nc3ccccc3)cc2)cc1. The molecule has 5 nitrogen and oxygen atoms in total. The molecule has 0 aliphatic heterocycles. The molecule has 0 fully saturated rings. The largest absolute Gasteiger partial charge is 0.497 e. The third-order valence-electron chi connectivity index (χ3n) is 3.57. The van der Waals surface area contributed by atoms with Gasteiger partial charge in [0.2, 0.25) is 0 Å². The maximum absolute atomic E-state index is 12.0. The summed E-state index contributed by atoms with van der Waals surface area (Å²) in [6, 6.07) is 17.3. The Morgan fingerprint density at radius 2 is 1.92 bits per heavy atom. The van der Waals surface area contributed by atoms with E-state index in [1.807, 2.05) is 71.6 Å². The topological polar surface area (TPSA) is 47.1 Å². The van der Waals surface area contributed by atoms with Crippen LogP contribution >= 0.6 is 0 Å². The van der Waals surface area contributed by atoms with E-state index in [1.54, 1.807) is 11.7 Å². The zero-order chi connectivity index (χ0) is 16.8. The zero-order valence-corrected chi connectivity index (χ0v) is 13.5. The number of nitrogens with zero attached hydrogens (tertiary/aromatic N) is 2. The molecular formula is C19H19N3O2+. The van der Waals surface area contributed by atoms with Crippen molar-refractivity contribution in [1.29, 1.82) is 0 Å². The minimum atomic E-state index is -0.0790. The second-order valence-corrected chi connectivity index (χ2v) is 5.42. The summed E-state index contributed by atoms with van der Waals surface area (Å²) in [6.45, 7) is 0.918. The Morgan fingerprint density at radius 3 is 2.62 bits per heavy atom. The van der Waals surface area contributed by atoms with Crippen molar-refractivity contribution >= 4 is 11.6 Å². The molecule has 3 rings (SSSR count). The van der Waals surface area contributed by atoms with Gasteiger partial charge in [-0.2, -0.15) is 0 Å². The molecular weight excluding hydrogens is 302 g/mol. The quantitative estimate of drug-likeness (QED) is 0.708. The first kappa shape index (κ1) is 15.8. The van der Waals surface area contributed by atoms with Gasteiger partial charge in [-0.1, -0.05) is 30.3 Å². The fourth-order valence-electron chi connectivity index (χ4n) is 2.37. The number of anilines is 1. The summed E-state index contributed by atoms with van der Waals surface area (Å²) in [4.78, 5) is 12.0. The highest BCUT2D eigenvalue weighted by Crippen LogP contribution is 2.10. The lowest BCUT2D eigenvalue weighted by Gasteiger charge is -2.02. The van der Waals surface area contributed by atoms with Crippen molar-refractivity contribution < 1.29 is 14.1 Å². The fourth-order valence-corrected chi connectivity index (χ4v) is 2.37. The molecule has 1 N–H and O–H groups in total. The molecule has 0 unspecified atom stereocenters. The Labute approximate surface area is 141 Å². The number of rotatable bonds is 6. The maximum Gasteiger partial charge on any atom is 0.374 e. The van der Waals surface area contributed by atoms with Gasteiger partial charge in [-0.15, -0.1) is 0 Å². The summed E-state index contributed by atoms with van der Waals surface area (Å²) in [6.07, 6.45) is 6.89. The summed E-state index contributed by atoms with van der Waals surface area (Å²) in [5.41, 5.74) is 1.93. The number of aromatic nitrogens is 2. The first-order valence-electron chi connectivity index (χ1n) is 7.69. The first-order chi connectivity index (χ1) is 11.7. The third kappa shape index (κ3) is 4.23. The smallest absolute Gasteiger partial charge is 0.374 e. The van der Waals surface area contributed by atoms with Gasteiger partial charge in [-0.25, -0.2) is 9.13 Å². The highest BCUT2D eigenvalue weighted by Gasteiger charge is 2.11. The van der Waals surface area contributed by atoms with Gasteiger partial charge >= 0.3 is 6.33 Å². The Morgan fingerprint density at radius 1 is 1.17 bits per heavy atom. The summed E-state index contributed by atoms with van der Waals surface area (Å²) < 4.78 is 8.81. The van der Waals surface area contributed by atoms with Gasteiger partial charge in [-0.3, -0.25) is 4.79 Å². The van der Waals surface area contributed by atoms with Crippen molar-refractivity contribution in [2.75, 3.05) is 12.4 Å². The number of para-hydroxylation sites is 1. The predicted molar refractivity (Wildman–Crippen MR) is 90.6 cm³/mol. The lowest BCUT2D eigenvalue weighted by Crippen LogP contribution is -2.32. The van der Waals surface area contributed by atoms with Crippen LogP contribution in [0.4, 0.5) is 5.69 Å². The Balaban J connectivity index is 1.57. The molecule has 0 spiro atoms. The Bertz CT molecular complexity index is 795. The molecule has 121 valence electrons. The molecule has 24 heavy (non-hydrogen) atoms. The van der Waals surface area contributed by atoms with Gasteiger partial charge in [0.1, 0.15) is 24.7 Å². The minimum absolute atomic E-state index is 0.0790. The number of carbonyl (C=O) groups is 1. The van der Waals surface area contributed by atoms with Crippen LogP contribution in [0.15, 0.2) is 67.0 Å². The van der Waals surface area contributed by atoms with Crippen molar-refractivity contribution in [3.63, 3.8) is 0 Å². The molecule has 1 amide bonds. The van der Waals surface area contributed by atoms with E-state index in [-0.39, 0.29) is 12.5 Å². The number of methoxy groups -OCH3 is 1. The fraction of sp³-hybridized carbons (Fsp3) is 0.158. The van der Waals surface area contributed by atoms with Crippen LogP contribution in [0.1, 0.15) is 5.56 Å². The molecule has 5 heteroatoms. The van der Waals surface area contributed by atoms with Crippen LogP contribution in [-0.4, -0.2) is 17.6 Å². The standard InChI is InChI=1S/C19H19N3O2/c1-24-18-9-7-16(8-10-18)13-21-11-12-22(15-21)14-19(23)20-17-5-3-2-4-6-17/h2-12H,13-14H2,1H3,(H,20,23)/q+1. The van der Waals surface area contributed by atoms with Crippen LogP contribution in [0, 0.1) is 6.33 Å². The van der Waals surface area contributed by atoms with Crippen molar-refractivity contribution in [3.8, 4) is 5.75 Å². The lowest BCUT2D eigenvalue weighted by molar-refractivity contribution is -0.692. The highest BCUT2D eigenvalue weighted by atomic mass is 16.5. The molecule has 0 bridgehead atoms. The van der Waals surface area contributed by atoms with E-state index in [0.29, 0.717) is 6.54 Å². The molecule has 2 aromatic carbocycles. The van der Waals surface area contributed by atoms with E-state index in [2.05, 4.69) is 11.6 Å². The minimum Gasteiger partial charge on any atom is -0.497 e. The van der Waals surface area contributed by atoms with Crippen LogP contribution < -0.4 is 14.6 Å². The second-order valence-electron chi connectivity index (χ2n) is 5.42. The van der Waals surface area contributed by atoms with Gasteiger partial charge in [0.05, 0.1) is 7.11 Å². The van der Waals surface area contributed by atoms with Gasteiger partial charge < -0.3 is 10.1 Å². The average Bonchev–Trinajstić information content (AvgIpc) is 3.03. The van der Waals surface area contributed by atoms with E-state index in [0.717, 1.165) is 17.0 Å². The van der Waals surface area contributed by atoms with Crippen LogP contribution in [0.3, 0.4) is 0 Å². The average molecular weight is 321 g/mol. The number of imidazole rings is 1. The number of hydrogen-bond donors (Lipinski definition) is 1. The molecule has 0 atom stereocenters. The summed E-state index contributed by atoms with van der Waals surface area (Å²) in [5.74, 6) is 0.757. The lowest BCUT2D eigenvalue weighted by atomic mass is 10.2. The number of hydrogen-bond acceptors (Lipinski definition) is 2. The predicted octanol–water partition coefficient (Wildman–Crippen LogP) is 2.27. The van der Waals surface area contributed by atoms with E-state index < -0.39 is 0 Å². The van der Waals surface area contributed by atoms with Crippen molar-refractivity contribution in [2.24, 2.45) is 0 Å². The number of carbonyl (C=O) groups excluding carboxylic acids is 1. The molecule has 1 radical (unpaired) electrons. The molecule has 0 aliphatic carbocycles. The third-order valence-corrected chi connectivity index (χ3v) is 3.57. The second kappa shape index (κ2) is 7.46. The van der Waals surface area contributed by atoms with E-state index in [4.69, 9.17) is 4.74 Å². The van der Waals surface area contributed by atoms with Gasteiger partial charge in [0.15, 0.2) is 6.54 Å². The van der Waals surface area contributed by atoms with Crippen molar-refractivity contribution in [1.82, 2.24) is 4.57 Å². The van der Waals surface area contributed by atoms with Crippen LogP contribution in [0.2, 0.25) is 0 Å².